The van der Waals surface area contributed by atoms with Gasteiger partial charge in [0.05, 0.1) is 20.2 Å². The van der Waals surface area contributed by atoms with Gasteiger partial charge in [-0.15, -0.1) is 10.2 Å². The number of anilines is 1. The zero-order valence-electron chi connectivity index (χ0n) is 14.8. The van der Waals surface area contributed by atoms with Crippen LogP contribution in [0.25, 0.3) is 0 Å². The van der Waals surface area contributed by atoms with Crippen LogP contribution in [0.3, 0.4) is 0 Å². The van der Waals surface area contributed by atoms with Gasteiger partial charge < -0.3 is 14.5 Å². The molecule has 7 nitrogen and oxygen atoms in total. The van der Waals surface area contributed by atoms with Gasteiger partial charge in [0, 0.05) is 17.2 Å². The molecule has 0 radical (unpaired) electrons. The third-order valence-electron chi connectivity index (χ3n) is 3.28. The van der Waals surface area contributed by atoms with Gasteiger partial charge in [-0.05, 0) is 19.2 Å². The Morgan fingerprint density at radius 3 is 2.71 bits per heavy atom. The molecule has 0 atom stereocenters. The minimum absolute atomic E-state index is 0.124. The van der Waals surface area contributed by atoms with E-state index in [1.807, 2.05) is 50.9 Å². The molecule has 2 aromatic rings. The maximum Gasteiger partial charge on any atom is 0.238 e. The molecule has 0 spiro atoms. The van der Waals surface area contributed by atoms with Crippen molar-refractivity contribution in [3.63, 3.8) is 0 Å². The average molecular weight is 332 g/mol. The van der Waals surface area contributed by atoms with Crippen LogP contribution in [-0.4, -0.2) is 41.7 Å². The van der Waals surface area contributed by atoms with Crippen molar-refractivity contribution in [1.82, 2.24) is 15.1 Å². The van der Waals surface area contributed by atoms with Crippen LogP contribution in [0.5, 0.6) is 5.75 Å². The molecule has 1 aromatic heterocycles. The fraction of sp³-hybridized carbons (Fsp3) is 0.471. The lowest BCUT2D eigenvalue weighted by molar-refractivity contribution is -0.117. The molecule has 24 heavy (non-hydrogen) atoms. The van der Waals surface area contributed by atoms with Gasteiger partial charge in [0.15, 0.2) is 0 Å². The summed E-state index contributed by atoms with van der Waals surface area (Å²) < 4.78 is 10.8. The Morgan fingerprint density at radius 2 is 2.08 bits per heavy atom. The molecule has 2 rings (SSSR count). The van der Waals surface area contributed by atoms with Gasteiger partial charge >= 0.3 is 0 Å². The zero-order chi connectivity index (χ0) is 17.7. The molecule has 0 aliphatic rings. The molecule has 1 amide bonds. The van der Waals surface area contributed by atoms with Gasteiger partial charge in [-0.1, -0.05) is 26.8 Å². The first-order valence-electron chi connectivity index (χ1n) is 7.73. The summed E-state index contributed by atoms with van der Waals surface area (Å²) in [5, 5.41) is 10.9. The van der Waals surface area contributed by atoms with Crippen molar-refractivity contribution in [3.05, 3.63) is 36.0 Å². The van der Waals surface area contributed by atoms with E-state index in [4.69, 9.17) is 9.15 Å². The number of methoxy groups -OCH3 is 1. The lowest BCUT2D eigenvalue weighted by atomic mass is 9.97. The van der Waals surface area contributed by atoms with Crippen molar-refractivity contribution in [2.75, 3.05) is 26.0 Å². The number of amides is 1. The predicted molar refractivity (Wildman–Crippen MR) is 91.0 cm³/mol. The molecule has 1 N–H and O–H groups in total. The van der Waals surface area contributed by atoms with E-state index in [1.165, 1.54) is 0 Å². The molecule has 0 saturated heterocycles. The topological polar surface area (TPSA) is 80.5 Å². The number of hydrogen-bond acceptors (Lipinski definition) is 6. The van der Waals surface area contributed by atoms with Crippen molar-refractivity contribution >= 4 is 11.6 Å². The maximum absolute atomic E-state index is 12.1. The SMILES string of the molecule is COc1cccc(NC(=O)CN(C)Cc2nnc(C(C)(C)C)o2)c1. The van der Waals surface area contributed by atoms with E-state index in [0.29, 0.717) is 29.8 Å². The van der Waals surface area contributed by atoms with Crippen molar-refractivity contribution < 1.29 is 13.9 Å². The number of likely N-dealkylation sites (N-methyl/N-ethyl adjacent to an activating group) is 1. The number of hydrogen-bond donors (Lipinski definition) is 1. The number of aromatic nitrogens is 2. The molecule has 7 heteroatoms. The summed E-state index contributed by atoms with van der Waals surface area (Å²) >= 11 is 0. The Morgan fingerprint density at radius 1 is 1.33 bits per heavy atom. The summed E-state index contributed by atoms with van der Waals surface area (Å²) in [7, 11) is 3.41. The molecule has 0 unspecified atom stereocenters. The fourth-order valence-corrected chi connectivity index (χ4v) is 2.05. The van der Waals surface area contributed by atoms with Crippen LogP contribution < -0.4 is 10.1 Å². The number of ether oxygens (including phenoxy) is 1. The molecule has 0 aliphatic heterocycles. The highest BCUT2D eigenvalue weighted by Gasteiger charge is 2.22. The van der Waals surface area contributed by atoms with Crippen molar-refractivity contribution in [3.8, 4) is 5.75 Å². The largest absolute Gasteiger partial charge is 0.497 e. The summed E-state index contributed by atoms with van der Waals surface area (Å²) in [4.78, 5) is 13.9. The Balaban J connectivity index is 1.88. The first-order valence-corrected chi connectivity index (χ1v) is 7.73. The molecule has 1 heterocycles. The monoisotopic (exact) mass is 332 g/mol. The second-order valence-electron chi connectivity index (χ2n) is 6.70. The number of nitrogens with zero attached hydrogens (tertiary/aromatic N) is 3. The molecule has 0 saturated carbocycles. The van der Waals surface area contributed by atoms with Gasteiger partial charge in [-0.3, -0.25) is 9.69 Å². The normalized spacial score (nSPS) is 11.6. The maximum atomic E-state index is 12.1. The van der Waals surface area contributed by atoms with E-state index in [1.54, 1.807) is 13.2 Å². The number of carbonyl (C=O) groups is 1. The highest BCUT2D eigenvalue weighted by Crippen LogP contribution is 2.20. The molecule has 0 aliphatic carbocycles. The van der Waals surface area contributed by atoms with Crippen molar-refractivity contribution in [2.24, 2.45) is 0 Å². The van der Waals surface area contributed by atoms with E-state index in [9.17, 15) is 4.79 Å². The first kappa shape index (κ1) is 17.9. The van der Waals surface area contributed by atoms with Gasteiger partial charge in [0.2, 0.25) is 17.7 Å². The van der Waals surface area contributed by atoms with Crippen molar-refractivity contribution in [1.29, 1.82) is 0 Å². The Labute approximate surface area is 142 Å². The molecule has 0 fully saturated rings. The second-order valence-corrected chi connectivity index (χ2v) is 6.70. The second kappa shape index (κ2) is 7.44. The summed E-state index contributed by atoms with van der Waals surface area (Å²) in [6.45, 7) is 6.65. The lowest BCUT2D eigenvalue weighted by Gasteiger charge is -2.15. The quantitative estimate of drug-likeness (QED) is 0.875. The summed E-state index contributed by atoms with van der Waals surface area (Å²) in [5.74, 6) is 1.66. The van der Waals surface area contributed by atoms with Gasteiger partial charge in [-0.25, -0.2) is 0 Å². The molecular formula is C17H24N4O3. The number of benzene rings is 1. The van der Waals surface area contributed by atoms with Crippen LogP contribution in [-0.2, 0) is 16.8 Å². The summed E-state index contributed by atoms with van der Waals surface area (Å²) in [5.41, 5.74) is 0.508. The standard InChI is InChI=1S/C17H24N4O3/c1-17(2,3)16-20-19-15(24-16)11-21(4)10-14(22)18-12-7-6-8-13(9-12)23-5/h6-9H,10-11H2,1-5H3,(H,18,22). The van der Waals surface area contributed by atoms with E-state index >= 15 is 0 Å². The minimum Gasteiger partial charge on any atom is -0.497 e. The van der Waals surface area contributed by atoms with E-state index < -0.39 is 0 Å². The molecule has 1 aromatic carbocycles. The van der Waals surface area contributed by atoms with Crippen molar-refractivity contribution in [2.45, 2.75) is 32.7 Å². The predicted octanol–water partition coefficient (Wildman–Crippen LogP) is 2.45. The zero-order valence-corrected chi connectivity index (χ0v) is 14.8. The number of nitrogens with one attached hydrogen (secondary N) is 1. The molecular weight excluding hydrogens is 308 g/mol. The third-order valence-corrected chi connectivity index (χ3v) is 3.28. The summed E-state index contributed by atoms with van der Waals surface area (Å²) in [6.07, 6.45) is 0. The van der Waals surface area contributed by atoms with Crippen LogP contribution in [0.2, 0.25) is 0 Å². The fourth-order valence-electron chi connectivity index (χ4n) is 2.05. The third kappa shape index (κ3) is 5.06. The number of rotatable bonds is 6. The number of carbonyl (C=O) groups excluding carboxylic acids is 1. The van der Waals surface area contributed by atoms with E-state index in [2.05, 4.69) is 15.5 Å². The highest BCUT2D eigenvalue weighted by molar-refractivity contribution is 5.92. The Bertz CT molecular complexity index is 691. The highest BCUT2D eigenvalue weighted by atomic mass is 16.5. The van der Waals surface area contributed by atoms with Crippen LogP contribution in [0.1, 0.15) is 32.6 Å². The smallest absolute Gasteiger partial charge is 0.238 e. The van der Waals surface area contributed by atoms with Crippen LogP contribution in [0, 0.1) is 0 Å². The van der Waals surface area contributed by atoms with Gasteiger partial charge in [0.1, 0.15) is 5.75 Å². The van der Waals surface area contributed by atoms with E-state index in [0.717, 1.165) is 0 Å². The Hall–Kier alpha value is -2.41. The Kier molecular flexibility index (Phi) is 5.56. The van der Waals surface area contributed by atoms with E-state index in [-0.39, 0.29) is 17.9 Å². The minimum atomic E-state index is -0.187. The lowest BCUT2D eigenvalue weighted by Crippen LogP contribution is -2.29. The van der Waals surface area contributed by atoms with Gasteiger partial charge in [0.25, 0.3) is 0 Å². The van der Waals surface area contributed by atoms with Crippen LogP contribution in [0.15, 0.2) is 28.7 Å². The molecule has 0 bridgehead atoms. The summed E-state index contributed by atoms with van der Waals surface area (Å²) in [6, 6.07) is 7.23. The van der Waals surface area contributed by atoms with Crippen LogP contribution >= 0.6 is 0 Å². The van der Waals surface area contributed by atoms with Gasteiger partial charge in [-0.2, -0.15) is 0 Å². The van der Waals surface area contributed by atoms with Crippen LogP contribution in [0.4, 0.5) is 5.69 Å². The molecule has 130 valence electrons. The average Bonchev–Trinajstić information content (AvgIpc) is 2.95. The first-order chi connectivity index (χ1) is 11.3.